The van der Waals surface area contributed by atoms with Gasteiger partial charge in [-0.3, -0.25) is 10.1 Å². The van der Waals surface area contributed by atoms with Crippen LogP contribution in [0.3, 0.4) is 0 Å². The molecule has 0 atom stereocenters. The van der Waals surface area contributed by atoms with Crippen molar-refractivity contribution in [2.45, 2.75) is 17.2 Å². The Morgan fingerprint density at radius 2 is 1.44 bits per heavy atom. The second-order valence-electron chi connectivity index (χ2n) is 7.31. The number of carbonyl (C=O) groups is 1. The lowest BCUT2D eigenvalue weighted by atomic mass is 9.88. The maximum absolute atomic E-state index is 12.8. The summed E-state index contributed by atoms with van der Waals surface area (Å²) in [5.41, 5.74) is 2.32. The van der Waals surface area contributed by atoms with Crippen molar-refractivity contribution < 1.29 is 17.6 Å². The first kappa shape index (κ1) is 21.5. The van der Waals surface area contributed by atoms with Crippen LogP contribution in [0.1, 0.15) is 23.5 Å². The lowest BCUT2D eigenvalue weighted by molar-refractivity contribution is -0.116. The molecule has 0 saturated heterocycles. The largest absolute Gasteiger partial charge is 0.403 e. The monoisotopic (exact) mass is 447 g/mol. The van der Waals surface area contributed by atoms with E-state index in [2.05, 4.69) is 15.5 Å². The summed E-state index contributed by atoms with van der Waals surface area (Å²) in [4.78, 5) is 12.9. The molecule has 162 valence electrons. The molecule has 3 aromatic carbocycles. The van der Waals surface area contributed by atoms with E-state index in [9.17, 15) is 13.2 Å². The predicted octanol–water partition coefficient (Wildman–Crippen LogP) is 4.30. The number of nitrogens with one attached hydrogen (secondary N) is 1. The van der Waals surface area contributed by atoms with Crippen LogP contribution in [0.25, 0.3) is 11.5 Å². The number of anilines is 1. The molecule has 0 radical (unpaired) electrons. The van der Waals surface area contributed by atoms with E-state index in [1.165, 1.54) is 6.07 Å². The maximum atomic E-state index is 12.8. The second kappa shape index (κ2) is 9.15. The molecule has 0 fully saturated rings. The summed E-state index contributed by atoms with van der Waals surface area (Å²) in [6.45, 7) is 0. The Kier molecular flexibility index (Phi) is 6.13. The first-order valence-electron chi connectivity index (χ1n) is 9.94. The molecule has 0 bridgehead atoms. The van der Waals surface area contributed by atoms with Gasteiger partial charge < -0.3 is 4.42 Å². The molecule has 0 saturated carbocycles. The van der Waals surface area contributed by atoms with Crippen LogP contribution >= 0.6 is 0 Å². The highest BCUT2D eigenvalue weighted by Gasteiger charge is 2.21. The third kappa shape index (κ3) is 4.92. The van der Waals surface area contributed by atoms with Crippen LogP contribution in [-0.2, 0) is 14.6 Å². The van der Waals surface area contributed by atoms with Crippen LogP contribution in [0.15, 0.2) is 94.2 Å². The summed E-state index contributed by atoms with van der Waals surface area (Å²) in [7, 11) is -3.49. The first-order chi connectivity index (χ1) is 15.4. The minimum absolute atomic E-state index is 0.0176. The molecular formula is C24H21N3O4S. The Hall–Kier alpha value is -3.78. The quantitative estimate of drug-likeness (QED) is 0.453. The molecule has 1 heterocycles. The van der Waals surface area contributed by atoms with Crippen LogP contribution in [-0.4, -0.2) is 30.8 Å². The lowest BCUT2D eigenvalue weighted by Gasteiger charge is -2.17. The smallest absolute Gasteiger partial charge is 0.322 e. The maximum Gasteiger partial charge on any atom is 0.322 e. The van der Waals surface area contributed by atoms with Crippen molar-refractivity contribution in [3.8, 4) is 11.5 Å². The normalized spacial score (nSPS) is 11.4. The van der Waals surface area contributed by atoms with E-state index in [4.69, 9.17) is 4.42 Å². The van der Waals surface area contributed by atoms with E-state index in [1.54, 1.807) is 18.2 Å². The van der Waals surface area contributed by atoms with Crippen LogP contribution in [0.2, 0.25) is 0 Å². The van der Waals surface area contributed by atoms with Gasteiger partial charge in [0.2, 0.25) is 5.91 Å². The van der Waals surface area contributed by atoms with Crippen LogP contribution in [0.5, 0.6) is 0 Å². The van der Waals surface area contributed by atoms with E-state index in [1.807, 2.05) is 60.7 Å². The highest BCUT2D eigenvalue weighted by molar-refractivity contribution is 7.90. The number of nitrogens with zero attached hydrogens (tertiary/aromatic N) is 2. The Labute approximate surface area is 186 Å². The standard InChI is InChI=1S/C24H21N3O4S/c1-32(29,30)21-15-9-8-14-19(21)23-26-27-24(31-23)25-22(28)16-20(17-10-4-2-5-11-17)18-12-6-3-7-13-18/h2-15,20H,16H2,1H3,(H,25,27,28). The minimum Gasteiger partial charge on any atom is -0.403 e. The molecule has 0 spiro atoms. The van der Waals surface area contributed by atoms with Gasteiger partial charge in [0.25, 0.3) is 5.89 Å². The van der Waals surface area contributed by atoms with Gasteiger partial charge in [0.05, 0.1) is 10.5 Å². The third-order valence-electron chi connectivity index (χ3n) is 4.98. The predicted molar refractivity (Wildman–Crippen MR) is 121 cm³/mol. The number of aromatic nitrogens is 2. The topological polar surface area (TPSA) is 102 Å². The van der Waals surface area contributed by atoms with E-state index in [-0.39, 0.29) is 40.6 Å². The molecule has 0 aliphatic heterocycles. The van der Waals surface area contributed by atoms with Crippen molar-refractivity contribution in [2.24, 2.45) is 0 Å². The van der Waals surface area contributed by atoms with Gasteiger partial charge in [0.1, 0.15) is 0 Å². The zero-order valence-electron chi connectivity index (χ0n) is 17.3. The van der Waals surface area contributed by atoms with Gasteiger partial charge in [-0.1, -0.05) is 77.9 Å². The second-order valence-corrected chi connectivity index (χ2v) is 9.29. The number of benzene rings is 3. The van der Waals surface area contributed by atoms with E-state index in [0.29, 0.717) is 0 Å². The van der Waals surface area contributed by atoms with Crippen LogP contribution < -0.4 is 5.32 Å². The third-order valence-corrected chi connectivity index (χ3v) is 6.14. The van der Waals surface area contributed by atoms with Gasteiger partial charge in [0.15, 0.2) is 9.84 Å². The SMILES string of the molecule is CS(=O)(=O)c1ccccc1-c1nnc(NC(=O)CC(c2ccccc2)c2ccccc2)o1. The summed E-state index contributed by atoms with van der Waals surface area (Å²) in [5.74, 6) is -0.427. The molecule has 8 heteroatoms. The fourth-order valence-electron chi connectivity index (χ4n) is 3.50. The number of rotatable bonds is 7. The number of amides is 1. The molecule has 1 aromatic heterocycles. The minimum atomic E-state index is -3.49. The zero-order valence-corrected chi connectivity index (χ0v) is 18.1. The zero-order chi connectivity index (χ0) is 22.6. The molecule has 4 rings (SSSR count). The molecular weight excluding hydrogens is 426 g/mol. The summed E-state index contributed by atoms with van der Waals surface area (Å²) < 4.78 is 29.6. The van der Waals surface area contributed by atoms with Crippen molar-refractivity contribution in [2.75, 3.05) is 11.6 Å². The molecule has 0 aliphatic carbocycles. The number of hydrogen-bond donors (Lipinski definition) is 1. The molecule has 0 aliphatic rings. The lowest BCUT2D eigenvalue weighted by Crippen LogP contribution is -2.16. The fourth-order valence-corrected chi connectivity index (χ4v) is 4.38. The van der Waals surface area contributed by atoms with Crippen molar-refractivity contribution in [1.82, 2.24) is 10.2 Å². The van der Waals surface area contributed by atoms with Crippen LogP contribution in [0, 0.1) is 0 Å². The fraction of sp³-hybridized carbons (Fsp3) is 0.125. The molecule has 0 unspecified atom stereocenters. The van der Waals surface area contributed by atoms with Gasteiger partial charge in [-0.15, -0.1) is 5.10 Å². The summed E-state index contributed by atoms with van der Waals surface area (Å²) in [5, 5.41) is 10.4. The van der Waals surface area contributed by atoms with Crippen LogP contribution in [0.4, 0.5) is 6.01 Å². The van der Waals surface area contributed by atoms with Crippen molar-refractivity contribution in [3.63, 3.8) is 0 Å². The molecule has 7 nitrogen and oxygen atoms in total. The Morgan fingerprint density at radius 3 is 2.03 bits per heavy atom. The molecule has 32 heavy (non-hydrogen) atoms. The Bertz CT molecular complexity index is 1280. The summed E-state index contributed by atoms with van der Waals surface area (Å²) in [6, 6.07) is 25.8. The average molecular weight is 448 g/mol. The molecule has 1 amide bonds. The van der Waals surface area contributed by atoms with E-state index >= 15 is 0 Å². The summed E-state index contributed by atoms with van der Waals surface area (Å²) in [6.07, 6.45) is 1.28. The Morgan fingerprint density at radius 1 is 0.875 bits per heavy atom. The van der Waals surface area contributed by atoms with E-state index < -0.39 is 9.84 Å². The van der Waals surface area contributed by atoms with E-state index in [0.717, 1.165) is 17.4 Å². The van der Waals surface area contributed by atoms with Crippen molar-refractivity contribution in [1.29, 1.82) is 0 Å². The van der Waals surface area contributed by atoms with Gasteiger partial charge in [-0.2, -0.15) is 0 Å². The van der Waals surface area contributed by atoms with Crippen molar-refractivity contribution >= 4 is 21.8 Å². The number of carbonyl (C=O) groups excluding carboxylic acids is 1. The molecule has 1 N–H and O–H groups in total. The van der Waals surface area contributed by atoms with Gasteiger partial charge in [0, 0.05) is 18.6 Å². The number of hydrogen-bond acceptors (Lipinski definition) is 6. The van der Waals surface area contributed by atoms with Gasteiger partial charge in [-0.05, 0) is 23.3 Å². The highest BCUT2D eigenvalue weighted by atomic mass is 32.2. The Balaban J connectivity index is 1.55. The highest BCUT2D eigenvalue weighted by Crippen LogP contribution is 2.29. The van der Waals surface area contributed by atoms with Crippen molar-refractivity contribution in [3.05, 3.63) is 96.1 Å². The number of sulfone groups is 1. The summed E-state index contributed by atoms with van der Waals surface area (Å²) >= 11 is 0. The molecule has 4 aromatic rings. The van der Waals surface area contributed by atoms with Gasteiger partial charge >= 0.3 is 6.01 Å². The first-order valence-corrected chi connectivity index (χ1v) is 11.8. The van der Waals surface area contributed by atoms with Gasteiger partial charge in [-0.25, -0.2) is 8.42 Å². The average Bonchev–Trinajstić information content (AvgIpc) is 3.26.